The molecule has 0 amide bonds. The highest BCUT2D eigenvalue weighted by Gasteiger charge is 2.53. The third-order valence-electron chi connectivity index (χ3n) is 4.44. The average molecular weight is 375 g/mol. The SMILES string of the molecule is CNC1C(CN(C)Cc2cc(Br)cs2)C(C)(C)OC1(C)C. The largest absolute Gasteiger partial charge is 0.368 e. The summed E-state index contributed by atoms with van der Waals surface area (Å²) in [6.45, 7) is 10.8. The molecule has 1 aromatic heterocycles. The number of nitrogens with one attached hydrogen (secondary N) is 1. The molecule has 120 valence electrons. The van der Waals surface area contributed by atoms with Crippen LogP contribution < -0.4 is 5.32 Å². The summed E-state index contributed by atoms with van der Waals surface area (Å²) in [4.78, 5) is 3.79. The molecule has 0 aliphatic carbocycles. The van der Waals surface area contributed by atoms with Gasteiger partial charge in [0.1, 0.15) is 0 Å². The first-order valence-corrected chi connectivity index (χ1v) is 9.12. The van der Waals surface area contributed by atoms with Gasteiger partial charge in [-0.2, -0.15) is 0 Å². The summed E-state index contributed by atoms with van der Waals surface area (Å²) in [6.07, 6.45) is 0. The highest BCUT2D eigenvalue weighted by atomic mass is 79.9. The molecule has 21 heavy (non-hydrogen) atoms. The van der Waals surface area contributed by atoms with Crippen LogP contribution in [0.4, 0.5) is 0 Å². The van der Waals surface area contributed by atoms with E-state index >= 15 is 0 Å². The molecule has 0 spiro atoms. The van der Waals surface area contributed by atoms with E-state index in [4.69, 9.17) is 4.74 Å². The number of nitrogens with zero attached hydrogens (tertiary/aromatic N) is 1. The fourth-order valence-corrected chi connectivity index (χ4v) is 5.21. The fraction of sp³-hybridized carbons (Fsp3) is 0.750. The maximum Gasteiger partial charge on any atom is 0.0790 e. The van der Waals surface area contributed by atoms with Gasteiger partial charge in [0.05, 0.1) is 11.2 Å². The number of likely N-dealkylation sites (N-methyl/N-ethyl adjacent to an activating group) is 1. The van der Waals surface area contributed by atoms with E-state index in [1.54, 1.807) is 11.3 Å². The van der Waals surface area contributed by atoms with E-state index in [1.165, 1.54) is 9.35 Å². The Balaban J connectivity index is 2.06. The van der Waals surface area contributed by atoms with Crippen molar-refractivity contribution in [1.82, 2.24) is 10.2 Å². The van der Waals surface area contributed by atoms with Crippen molar-refractivity contribution in [2.45, 2.75) is 51.5 Å². The summed E-state index contributed by atoms with van der Waals surface area (Å²) in [5, 5.41) is 5.62. The van der Waals surface area contributed by atoms with Gasteiger partial charge in [0.15, 0.2) is 0 Å². The first-order chi connectivity index (χ1) is 9.65. The molecular weight excluding hydrogens is 348 g/mol. The Morgan fingerprint density at radius 1 is 1.33 bits per heavy atom. The molecular formula is C16H27BrN2OS. The minimum atomic E-state index is -0.129. The minimum Gasteiger partial charge on any atom is -0.368 e. The number of ether oxygens (including phenoxy) is 1. The lowest BCUT2D eigenvalue weighted by atomic mass is 9.82. The summed E-state index contributed by atoms with van der Waals surface area (Å²) < 4.78 is 7.49. The second kappa shape index (κ2) is 6.28. The number of hydrogen-bond acceptors (Lipinski definition) is 4. The smallest absolute Gasteiger partial charge is 0.0790 e. The lowest BCUT2D eigenvalue weighted by Crippen LogP contribution is -2.49. The fourth-order valence-electron chi connectivity index (χ4n) is 3.68. The Hall–Kier alpha value is 0.0600. The van der Waals surface area contributed by atoms with Crippen LogP contribution in [0.15, 0.2) is 15.9 Å². The van der Waals surface area contributed by atoms with Crippen LogP contribution in [0.2, 0.25) is 0 Å². The van der Waals surface area contributed by atoms with Crippen LogP contribution in [0, 0.1) is 5.92 Å². The molecule has 0 saturated carbocycles. The molecule has 1 aliphatic heterocycles. The molecule has 5 heteroatoms. The zero-order chi connectivity index (χ0) is 15.8. The molecule has 0 bridgehead atoms. The van der Waals surface area contributed by atoms with E-state index in [0.717, 1.165) is 13.1 Å². The van der Waals surface area contributed by atoms with Crippen LogP contribution in [0.25, 0.3) is 0 Å². The third-order valence-corrected chi connectivity index (χ3v) is 6.12. The Bertz CT molecular complexity index is 486. The second-order valence-electron chi connectivity index (χ2n) is 7.11. The highest BCUT2D eigenvalue weighted by Crippen LogP contribution is 2.42. The van der Waals surface area contributed by atoms with Gasteiger partial charge in [-0.1, -0.05) is 0 Å². The molecule has 1 aliphatic rings. The van der Waals surface area contributed by atoms with Crippen LogP contribution in [0.3, 0.4) is 0 Å². The van der Waals surface area contributed by atoms with Crippen molar-refractivity contribution in [2.24, 2.45) is 5.92 Å². The number of thiophene rings is 1. The van der Waals surface area contributed by atoms with Crippen LogP contribution in [0.5, 0.6) is 0 Å². The van der Waals surface area contributed by atoms with Gasteiger partial charge in [-0.25, -0.2) is 0 Å². The van der Waals surface area contributed by atoms with E-state index in [2.05, 4.69) is 72.3 Å². The molecule has 0 aromatic carbocycles. The van der Waals surface area contributed by atoms with Crippen molar-refractivity contribution in [3.8, 4) is 0 Å². The first kappa shape index (κ1) is 17.4. The van der Waals surface area contributed by atoms with Crippen molar-refractivity contribution >= 4 is 27.3 Å². The minimum absolute atomic E-state index is 0.110. The molecule has 3 nitrogen and oxygen atoms in total. The van der Waals surface area contributed by atoms with Gasteiger partial charge >= 0.3 is 0 Å². The summed E-state index contributed by atoms with van der Waals surface area (Å²) >= 11 is 5.33. The van der Waals surface area contributed by atoms with Gasteiger partial charge < -0.3 is 15.0 Å². The Morgan fingerprint density at radius 3 is 2.52 bits per heavy atom. The molecule has 1 N–H and O–H groups in total. The lowest BCUT2D eigenvalue weighted by Gasteiger charge is -2.32. The summed E-state index contributed by atoms with van der Waals surface area (Å²) in [5.74, 6) is 0.464. The molecule has 2 unspecified atom stereocenters. The summed E-state index contributed by atoms with van der Waals surface area (Å²) in [5.41, 5.74) is -0.239. The Labute approximate surface area is 141 Å². The molecule has 2 atom stereocenters. The van der Waals surface area contributed by atoms with Crippen molar-refractivity contribution in [2.75, 3.05) is 20.6 Å². The normalized spacial score (nSPS) is 27.4. The zero-order valence-electron chi connectivity index (χ0n) is 13.9. The van der Waals surface area contributed by atoms with E-state index in [9.17, 15) is 0 Å². The third kappa shape index (κ3) is 3.88. The summed E-state index contributed by atoms with van der Waals surface area (Å²) in [7, 11) is 4.24. The van der Waals surface area contributed by atoms with Gasteiger partial charge in [-0.15, -0.1) is 11.3 Å². The van der Waals surface area contributed by atoms with E-state index < -0.39 is 0 Å². The highest BCUT2D eigenvalue weighted by molar-refractivity contribution is 9.10. The van der Waals surface area contributed by atoms with Crippen molar-refractivity contribution in [3.05, 3.63) is 20.8 Å². The summed E-state index contributed by atoms with van der Waals surface area (Å²) in [6, 6.07) is 2.57. The molecule has 0 radical (unpaired) electrons. The van der Waals surface area contributed by atoms with Gasteiger partial charge in [0, 0.05) is 39.8 Å². The van der Waals surface area contributed by atoms with E-state index in [-0.39, 0.29) is 11.2 Å². The van der Waals surface area contributed by atoms with E-state index in [1.807, 2.05) is 7.05 Å². The topological polar surface area (TPSA) is 24.5 Å². The van der Waals surface area contributed by atoms with Gasteiger partial charge in [0.25, 0.3) is 0 Å². The van der Waals surface area contributed by atoms with Crippen LogP contribution >= 0.6 is 27.3 Å². The van der Waals surface area contributed by atoms with E-state index in [0.29, 0.717) is 12.0 Å². The average Bonchev–Trinajstić information content (AvgIpc) is 2.78. The van der Waals surface area contributed by atoms with Gasteiger partial charge in [-0.3, -0.25) is 0 Å². The molecule has 1 fully saturated rings. The number of halogens is 1. The maximum absolute atomic E-state index is 6.31. The Kier molecular flexibility index (Phi) is 5.21. The predicted octanol–water partition coefficient (Wildman–Crippen LogP) is 3.73. The zero-order valence-corrected chi connectivity index (χ0v) is 16.3. The monoisotopic (exact) mass is 374 g/mol. The quantitative estimate of drug-likeness (QED) is 0.849. The van der Waals surface area contributed by atoms with Crippen LogP contribution in [-0.2, 0) is 11.3 Å². The second-order valence-corrected chi connectivity index (χ2v) is 9.02. The lowest BCUT2D eigenvalue weighted by molar-refractivity contribution is -0.0791. The molecule has 2 heterocycles. The Morgan fingerprint density at radius 2 is 2.00 bits per heavy atom. The van der Waals surface area contributed by atoms with Crippen molar-refractivity contribution in [1.29, 1.82) is 0 Å². The number of rotatable bonds is 5. The van der Waals surface area contributed by atoms with Crippen LogP contribution in [-0.4, -0.2) is 42.8 Å². The van der Waals surface area contributed by atoms with Gasteiger partial charge in [0.2, 0.25) is 0 Å². The van der Waals surface area contributed by atoms with Crippen molar-refractivity contribution < 1.29 is 4.74 Å². The van der Waals surface area contributed by atoms with Gasteiger partial charge in [-0.05, 0) is 63.8 Å². The molecule has 2 rings (SSSR count). The standard InChI is InChI=1S/C16H27BrN2OS/c1-15(2)13(14(18-5)16(3,4)20-15)9-19(6)8-12-7-11(17)10-21-12/h7,10,13-14,18H,8-9H2,1-6H3. The van der Waals surface area contributed by atoms with Crippen LogP contribution in [0.1, 0.15) is 32.6 Å². The maximum atomic E-state index is 6.31. The number of hydrogen-bond donors (Lipinski definition) is 1. The van der Waals surface area contributed by atoms with Crippen molar-refractivity contribution in [3.63, 3.8) is 0 Å². The first-order valence-electron chi connectivity index (χ1n) is 7.44. The predicted molar refractivity (Wildman–Crippen MR) is 93.9 cm³/mol. The molecule has 1 aromatic rings. The molecule has 1 saturated heterocycles.